The van der Waals surface area contributed by atoms with Crippen molar-refractivity contribution >= 4 is 11.8 Å². The quantitative estimate of drug-likeness (QED) is 0.459. The van der Waals surface area contributed by atoms with Gasteiger partial charge in [0.2, 0.25) is 11.8 Å². The zero-order valence-electron chi connectivity index (χ0n) is 24.9. The van der Waals surface area contributed by atoms with Crippen molar-refractivity contribution in [2.24, 2.45) is 16.7 Å². The van der Waals surface area contributed by atoms with Crippen LogP contribution in [0.5, 0.6) is 0 Å². The smallest absolute Gasteiger partial charge is 0.231 e. The summed E-state index contributed by atoms with van der Waals surface area (Å²) in [7, 11) is 0. The summed E-state index contributed by atoms with van der Waals surface area (Å²) in [5.74, 6) is -1.78. The van der Waals surface area contributed by atoms with E-state index in [0.29, 0.717) is 44.6 Å². The van der Waals surface area contributed by atoms with Crippen LogP contribution < -0.4 is 5.32 Å². The molecule has 8 heteroatoms. The highest BCUT2D eigenvalue weighted by Crippen LogP contribution is 2.54. The highest BCUT2D eigenvalue weighted by Gasteiger charge is 2.58. The molecule has 2 aromatic carbocycles. The van der Waals surface area contributed by atoms with E-state index in [0.717, 1.165) is 49.5 Å². The van der Waals surface area contributed by atoms with Crippen LogP contribution in [-0.2, 0) is 9.59 Å². The number of carbonyl (C=O) groups is 2. The number of halogens is 3. The molecular weight excluding hydrogens is 539 g/mol. The lowest BCUT2D eigenvalue weighted by atomic mass is 9.58. The van der Waals surface area contributed by atoms with Gasteiger partial charge in [-0.1, -0.05) is 32.9 Å². The summed E-state index contributed by atoms with van der Waals surface area (Å²) in [6, 6.07) is 8.58. The first-order valence-electron chi connectivity index (χ1n) is 15.5. The van der Waals surface area contributed by atoms with Crippen LogP contribution in [0.2, 0.25) is 0 Å². The summed E-state index contributed by atoms with van der Waals surface area (Å²) in [5.41, 5.74) is 0.842. The zero-order chi connectivity index (χ0) is 29.8. The Bertz CT molecular complexity index is 1360. The molecule has 42 heavy (non-hydrogen) atoms. The van der Waals surface area contributed by atoms with Gasteiger partial charge in [-0.15, -0.1) is 0 Å². The maximum atomic E-state index is 15.1. The summed E-state index contributed by atoms with van der Waals surface area (Å²) in [6.45, 7) is 9.55. The molecule has 5 nitrogen and oxygen atoms in total. The van der Waals surface area contributed by atoms with Gasteiger partial charge < -0.3 is 15.1 Å². The fourth-order valence-electron chi connectivity index (χ4n) is 7.82. The molecular formula is C34H42F3N3O2. The molecule has 0 spiro atoms. The molecule has 2 amide bonds. The lowest BCUT2D eigenvalue weighted by molar-refractivity contribution is -0.150. The Labute approximate surface area is 246 Å². The lowest BCUT2D eigenvalue weighted by Crippen LogP contribution is -2.56. The van der Waals surface area contributed by atoms with Crippen molar-refractivity contribution < 1.29 is 22.8 Å². The molecule has 3 aliphatic heterocycles. The average molecular weight is 582 g/mol. The largest absolute Gasteiger partial charge is 0.342 e. The minimum absolute atomic E-state index is 0.00433. The summed E-state index contributed by atoms with van der Waals surface area (Å²) >= 11 is 0. The Morgan fingerprint density at radius 2 is 1.52 bits per heavy atom. The van der Waals surface area contributed by atoms with Gasteiger partial charge in [0.1, 0.15) is 17.5 Å². The molecule has 3 heterocycles. The van der Waals surface area contributed by atoms with Crippen molar-refractivity contribution in [1.82, 2.24) is 15.1 Å². The molecule has 3 atom stereocenters. The van der Waals surface area contributed by atoms with E-state index < -0.39 is 28.4 Å². The number of likely N-dealkylation sites (tertiary alicyclic amines) is 2. The van der Waals surface area contributed by atoms with Crippen molar-refractivity contribution in [3.8, 4) is 0 Å². The molecule has 4 aliphatic rings. The van der Waals surface area contributed by atoms with Gasteiger partial charge in [0.15, 0.2) is 0 Å². The molecule has 2 aromatic rings. The normalized spacial score (nSPS) is 25.8. The Hall–Kier alpha value is -2.87. The van der Waals surface area contributed by atoms with E-state index >= 15 is 4.39 Å². The second-order valence-corrected chi connectivity index (χ2v) is 13.9. The Morgan fingerprint density at radius 3 is 2.10 bits per heavy atom. The molecule has 0 aromatic heterocycles. The maximum absolute atomic E-state index is 15.1. The number of amides is 2. The molecule has 1 aliphatic carbocycles. The van der Waals surface area contributed by atoms with Crippen LogP contribution in [0.4, 0.5) is 13.2 Å². The van der Waals surface area contributed by atoms with E-state index in [2.05, 4.69) is 5.32 Å². The summed E-state index contributed by atoms with van der Waals surface area (Å²) in [6.07, 6.45) is 4.43. The first-order chi connectivity index (χ1) is 20.0. The fourth-order valence-corrected chi connectivity index (χ4v) is 7.82. The number of carbonyl (C=O) groups excluding carboxylic acids is 2. The number of piperidine rings is 1. The van der Waals surface area contributed by atoms with Crippen LogP contribution in [-0.4, -0.2) is 60.9 Å². The van der Waals surface area contributed by atoms with Gasteiger partial charge in [-0.05, 0) is 84.2 Å². The molecule has 0 radical (unpaired) electrons. The number of hydrogen-bond donors (Lipinski definition) is 1. The molecule has 3 saturated heterocycles. The molecule has 4 fully saturated rings. The van der Waals surface area contributed by atoms with Gasteiger partial charge in [0.05, 0.1) is 11.3 Å². The Balaban J connectivity index is 1.25. The van der Waals surface area contributed by atoms with Gasteiger partial charge in [-0.25, -0.2) is 13.2 Å². The molecule has 6 rings (SSSR count). The minimum atomic E-state index is -0.903. The first-order valence-corrected chi connectivity index (χ1v) is 15.5. The zero-order valence-corrected chi connectivity index (χ0v) is 24.9. The van der Waals surface area contributed by atoms with Crippen LogP contribution in [0.25, 0.3) is 0 Å². The number of benzene rings is 2. The van der Waals surface area contributed by atoms with Gasteiger partial charge >= 0.3 is 0 Å². The lowest BCUT2D eigenvalue weighted by Gasteiger charge is -2.48. The third kappa shape index (κ3) is 5.03. The predicted molar refractivity (Wildman–Crippen MR) is 155 cm³/mol. The van der Waals surface area contributed by atoms with E-state index in [4.69, 9.17) is 0 Å². The van der Waals surface area contributed by atoms with Gasteiger partial charge in [0.25, 0.3) is 0 Å². The molecule has 0 bridgehead atoms. The molecule has 1 unspecified atom stereocenters. The highest BCUT2D eigenvalue weighted by atomic mass is 19.1. The van der Waals surface area contributed by atoms with Crippen LogP contribution in [0.15, 0.2) is 36.4 Å². The van der Waals surface area contributed by atoms with Crippen LogP contribution >= 0.6 is 0 Å². The third-order valence-electron chi connectivity index (χ3n) is 10.5. The second-order valence-electron chi connectivity index (χ2n) is 13.9. The second kappa shape index (κ2) is 11.0. The van der Waals surface area contributed by atoms with Gasteiger partial charge in [0, 0.05) is 51.3 Å². The number of hydrogen-bond acceptors (Lipinski definition) is 3. The molecule has 1 N–H and O–H groups in total. The number of nitrogens with one attached hydrogen (secondary N) is 1. The topological polar surface area (TPSA) is 52.7 Å². The SMILES string of the molecule is CC(C)(C)[C@]1(C(=O)N2CCC(c3ccc(F)cc3C(C(=O)N3CCC3)C3CC3)CC2)CNC[C@H]1c1ccc(F)cc1F. The standard InChI is InChI=1S/C34H42F3N3O2/c1-33(2,3)34(20-38-19-28(34)26-10-8-24(36)18-29(26)37)32(42)40-15-11-21(12-16-40)25-9-7-23(35)17-27(25)30(22-5-6-22)31(41)39-13-4-14-39/h7-10,17-18,21-22,28,30,38H,4-6,11-16,19-20H2,1-3H3/t28-,30?,34+/m0/s1. The van der Waals surface area contributed by atoms with Crippen molar-refractivity contribution in [1.29, 1.82) is 0 Å². The molecule has 226 valence electrons. The van der Waals surface area contributed by atoms with Crippen molar-refractivity contribution in [3.05, 3.63) is 70.5 Å². The number of rotatable bonds is 6. The van der Waals surface area contributed by atoms with Crippen molar-refractivity contribution in [3.63, 3.8) is 0 Å². The van der Waals surface area contributed by atoms with Crippen LogP contribution in [0.1, 0.15) is 87.3 Å². The summed E-state index contributed by atoms with van der Waals surface area (Å²) in [4.78, 5) is 31.8. The summed E-state index contributed by atoms with van der Waals surface area (Å²) in [5, 5.41) is 3.36. The summed E-state index contributed by atoms with van der Waals surface area (Å²) < 4.78 is 43.4. The third-order valence-corrected chi connectivity index (χ3v) is 10.5. The van der Waals surface area contributed by atoms with Crippen LogP contribution in [0.3, 0.4) is 0 Å². The fraction of sp³-hybridized carbons (Fsp3) is 0.588. The van der Waals surface area contributed by atoms with Crippen molar-refractivity contribution in [2.45, 2.75) is 70.6 Å². The molecule has 1 saturated carbocycles. The maximum Gasteiger partial charge on any atom is 0.231 e. The Kier molecular flexibility index (Phi) is 7.65. The van der Waals surface area contributed by atoms with E-state index in [1.165, 1.54) is 18.2 Å². The first kappa shape index (κ1) is 29.2. The van der Waals surface area contributed by atoms with Gasteiger partial charge in [-0.3, -0.25) is 9.59 Å². The Morgan fingerprint density at radius 1 is 0.881 bits per heavy atom. The van der Waals surface area contributed by atoms with E-state index in [1.54, 1.807) is 6.07 Å². The van der Waals surface area contributed by atoms with Gasteiger partial charge in [-0.2, -0.15) is 0 Å². The minimum Gasteiger partial charge on any atom is -0.342 e. The van der Waals surface area contributed by atoms with Crippen molar-refractivity contribution in [2.75, 3.05) is 39.3 Å². The predicted octanol–water partition coefficient (Wildman–Crippen LogP) is 5.96. The monoisotopic (exact) mass is 581 g/mol. The van der Waals surface area contributed by atoms with E-state index in [-0.39, 0.29) is 35.4 Å². The van der Waals surface area contributed by atoms with E-state index in [9.17, 15) is 18.4 Å². The number of nitrogens with zero attached hydrogens (tertiary/aromatic N) is 2. The average Bonchev–Trinajstić information content (AvgIpc) is 3.63. The van der Waals surface area contributed by atoms with E-state index in [1.807, 2.05) is 36.6 Å². The highest BCUT2D eigenvalue weighted by molar-refractivity contribution is 5.86. The van der Waals surface area contributed by atoms with Crippen LogP contribution in [0, 0.1) is 34.2 Å².